The maximum Gasteiger partial charge on any atom is 0.304 e. The molecular weight excluding hydrogens is 325 g/mol. The molecule has 2 atom stereocenters. The number of benzene rings is 1. The minimum absolute atomic E-state index is 0.000651. The summed E-state index contributed by atoms with van der Waals surface area (Å²) in [6, 6.07) is 4.95. The van der Waals surface area contributed by atoms with Crippen LogP contribution in [0, 0.1) is 5.82 Å². The van der Waals surface area contributed by atoms with E-state index in [2.05, 4.69) is 20.8 Å². The Kier molecular flexibility index (Phi) is 5.16. The lowest BCUT2D eigenvalue weighted by Gasteiger charge is -2.39. The molecule has 1 aliphatic rings. The maximum atomic E-state index is 14.1. The number of carboxylic acids is 1. The summed E-state index contributed by atoms with van der Waals surface area (Å²) in [4.78, 5) is 13.1. The molecule has 2 rings (SSSR count). The van der Waals surface area contributed by atoms with Crippen LogP contribution in [0.1, 0.15) is 44.2 Å². The summed E-state index contributed by atoms with van der Waals surface area (Å²) in [5.41, 5.74) is 0.630. The summed E-state index contributed by atoms with van der Waals surface area (Å²) in [6.45, 7) is 2.78. The first-order valence-corrected chi connectivity index (χ1v) is 7.71. The summed E-state index contributed by atoms with van der Waals surface area (Å²) < 4.78 is 14.8. The molecule has 1 aliphatic heterocycles. The van der Waals surface area contributed by atoms with Gasteiger partial charge in [0.05, 0.1) is 6.42 Å². The molecule has 5 heteroatoms. The van der Waals surface area contributed by atoms with Crippen molar-refractivity contribution in [2.24, 2.45) is 0 Å². The third-order valence-electron chi connectivity index (χ3n) is 3.99. The van der Waals surface area contributed by atoms with E-state index >= 15 is 0 Å². The normalized spacial score (nSPS) is 21.6. The van der Waals surface area contributed by atoms with Crippen LogP contribution >= 0.6 is 15.9 Å². The Balaban J connectivity index is 2.20. The second-order valence-corrected chi connectivity index (χ2v) is 6.24. The molecule has 0 aliphatic carbocycles. The minimum Gasteiger partial charge on any atom is -0.481 e. The molecule has 2 unspecified atom stereocenters. The van der Waals surface area contributed by atoms with Crippen LogP contribution < -0.4 is 0 Å². The van der Waals surface area contributed by atoms with Crippen LogP contribution in [0.3, 0.4) is 0 Å². The van der Waals surface area contributed by atoms with Crippen LogP contribution in [0.2, 0.25) is 0 Å². The summed E-state index contributed by atoms with van der Waals surface area (Å²) >= 11 is 3.25. The smallest absolute Gasteiger partial charge is 0.304 e. The van der Waals surface area contributed by atoms with Gasteiger partial charge in [-0.05, 0) is 38.4 Å². The Morgan fingerprint density at radius 2 is 2.30 bits per heavy atom. The standard InChI is InChI=1S/C15H19BrFNO2/c1-10(13-6-5-11(16)8-14(13)17)18-7-3-2-4-12(18)9-15(19)20/h5-6,8,10,12H,2-4,7,9H2,1H3,(H,19,20). The Morgan fingerprint density at radius 1 is 1.55 bits per heavy atom. The Hall–Kier alpha value is -0.940. The van der Waals surface area contributed by atoms with E-state index in [1.54, 1.807) is 6.07 Å². The molecule has 110 valence electrons. The predicted octanol–water partition coefficient (Wildman–Crippen LogP) is 3.98. The molecular formula is C15H19BrFNO2. The molecule has 1 saturated heterocycles. The quantitative estimate of drug-likeness (QED) is 0.898. The first-order chi connectivity index (χ1) is 9.49. The second-order valence-electron chi connectivity index (χ2n) is 5.33. The molecule has 0 spiro atoms. The monoisotopic (exact) mass is 343 g/mol. The average molecular weight is 344 g/mol. The molecule has 0 amide bonds. The van der Waals surface area contributed by atoms with E-state index in [1.165, 1.54) is 6.07 Å². The number of carbonyl (C=O) groups is 1. The zero-order valence-electron chi connectivity index (χ0n) is 11.5. The van der Waals surface area contributed by atoms with Gasteiger partial charge >= 0.3 is 5.97 Å². The van der Waals surface area contributed by atoms with Crippen molar-refractivity contribution in [2.75, 3.05) is 6.54 Å². The fourth-order valence-electron chi connectivity index (χ4n) is 2.97. The predicted molar refractivity (Wildman–Crippen MR) is 79.1 cm³/mol. The third-order valence-corrected chi connectivity index (χ3v) is 4.49. The molecule has 1 heterocycles. The fraction of sp³-hybridized carbons (Fsp3) is 0.533. The maximum absolute atomic E-state index is 14.1. The van der Waals surface area contributed by atoms with Gasteiger partial charge in [0, 0.05) is 22.1 Å². The van der Waals surface area contributed by atoms with Gasteiger partial charge in [-0.15, -0.1) is 0 Å². The van der Waals surface area contributed by atoms with E-state index in [-0.39, 0.29) is 24.3 Å². The van der Waals surface area contributed by atoms with Crippen molar-refractivity contribution in [3.63, 3.8) is 0 Å². The van der Waals surface area contributed by atoms with E-state index in [4.69, 9.17) is 5.11 Å². The number of carboxylic acid groups (broad SMARTS) is 1. The fourth-order valence-corrected chi connectivity index (χ4v) is 3.31. The molecule has 0 bridgehead atoms. The largest absolute Gasteiger partial charge is 0.481 e. The van der Waals surface area contributed by atoms with Crippen LogP contribution in [0.5, 0.6) is 0 Å². The number of hydrogen-bond acceptors (Lipinski definition) is 2. The lowest BCUT2D eigenvalue weighted by atomic mass is 9.95. The summed E-state index contributed by atoms with van der Waals surface area (Å²) in [6.07, 6.45) is 3.08. The van der Waals surface area contributed by atoms with Crippen LogP contribution in [0.4, 0.5) is 4.39 Å². The van der Waals surface area contributed by atoms with Gasteiger partial charge in [-0.3, -0.25) is 9.69 Å². The number of likely N-dealkylation sites (tertiary alicyclic amines) is 1. The van der Waals surface area contributed by atoms with Crippen molar-refractivity contribution in [3.05, 3.63) is 34.1 Å². The van der Waals surface area contributed by atoms with Gasteiger partial charge in [-0.2, -0.15) is 0 Å². The molecule has 20 heavy (non-hydrogen) atoms. The van der Waals surface area contributed by atoms with Crippen LogP contribution in [-0.4, -0.2) is 28.6 Å². The Bertz CT molecular complexity index is 495. The number of piperidine rings is 1. The number of halogens is 2. The Morgan fingerprint density at radius 3 is 2.95 bits per heavy atom. The van der Waals surface area contributed by atoms with Gasteiger partial charge in [-0.1, -0.05) is 28.4 Å². The second kappa shape index (κ2) is 6.68. The van der Waals surface area contributed by atoms with Crippen molar-refractivity contribution in [1.82, 2.24) is 4.90 Å². The SMILES string of the molecule is CC(c1ccc(Br)cc1F)N1CCCCC1CC(=O)O. The highest BCUT2D eigenvalue weighted by Gasteiger charge is 2.29. The van der Waals surface area contributed by atoms with Crippen LogP contribution in [0.15, 0.2) is 22.7 Å². The number of aliphatic carboxylic acids is 1. The summed E-state index contributed by atoms with van der Waals surface area (Å²) in [5.74, 6) is -1.03. The topological polar surface area (TPSA) is 40.5 Å². The van der Waals surface area contributed by atoms with E-state index in [1.807, 2.05) is 13.0 Å². The van der Waals surface area contributed by atoms with E-state index in [0.29, 0.717) is 10.0 Å². The average Bonchev–Trinajstić information content (AvgIpc) is 2.38. The molecule has 1 N–H and O–H groups in total. The molecule has 1 fully saturated rings. The lowest BCUT2D eigenvalue weighted by Crippen LogP contribution is -2.42. The van der Waals surface area contributed by atoms with Crippen molar-refractivity contribution in [3.8, 4) is 0 Å². The van der Waals surface area contributed by atoms with Crippen molar-refractivity contribution in [1.29, 1.82) is 0 Å². The van der Waals surface area contributed by atoms with Crippen molar-refractivity contribution in [2.45, 2.75) is 44.7 Å². The van der Waals surface area contributed by atoms with E-state index < -0.39 is 5.97 Å². The lowest BCUT2D eigenvalue weighted by molar-refractivity contribution is -0.139. The van der Waals surface area contributed by atoms with Crippen molar-refractivity contribution >= 4 is 21.9 Å². The molecule has 0 aromatic heterocycles. The zero-order valence-corrected chi connectivity index (χ0v) is 13.1. The number of nitrogens with zero attached hydrogens (tertiary/aromatic N) is 1. The molecule has 0 radical (unpaired) electrons. The molecule has 1 aromatic carbocycles. The van der Waals surface area contributed by atoms with E-state index in [0.717, 1.165) is 25.8 Å². The van der Waals surface area contributed by atoms with Gasteiger partial charge in [0.1, 0.15) is 5.82 Å². The first kappa shape index (κ1) is 15.4. The summed E-state index contributed by atoms with van der Waals surface area (Å²) in [7, 11) is 0. The minimum atomic E-state index is -0.787. The highest BCUT2D eigenvalue weighted by atomic mass is 79.9. The highest BCUT2D eigenvalue weighted by Crippen LogP contribution is 2.31. The van der Waals surface area contributed by atoms with Crippen molar-refractivity contribution < 1.29 is 14.3 Å². The van der Waals surface area contributed by atoms with Gasteiger partial charge in [-0.25, -0.2) is 4.39 Å². The zero-order chi connectivity index (χ0) is 14.7. The van der Waals surface area contributed by atoms with Gasteiger partial charge in [0.25, 0.3) is 0 Å². The first-order valence-electron chi connectivity index (χ1n) is 6.91. The number of hydrogen-bond donors (Lipinski definition) is 1. The molecule has 0 saturated carbocycles. The van der Waals surface area contributed by atoms with Gasteiger partial charge in [0.15, 0.2) is 0 Å². The number of rotatable bonds is 4. The molecule has 3 nitrogen and oxygen atoms in total. The van der Waals surface area contributed by atoms with Gasteiger partial charge < -0.3 is 5.11 Å². The van der Waals surface area contributed by atoms with Crippen LogP contribution in [0.25, 0.3) is 0 Å². The highest BCUT2D eigenvalue weighted by molar-refractivity contribution is 9.10. The van der Waals surface area contributed by atoms with Gasteiger partial charge in [0.2, 0.25) is 0 Å². The third kappa shape index (κ3) is 3.58. The van der Waals surface area contributed by atoms with E-state index in [9.17, 15) is 9.18 Å². The molecule has 1 aromatic rings. The Labute approximate surface area is 126 Å². The summed E-state index contributed by atoms with van der Waals surface area (Å²) in [5, 5.41) is 9.02. The van der Waals surface area contributed by atoms with Crippen LogP contribution in [-0.2, 0) is 4.79 Å².